The molecule has 0 unspecified atom stereocenters. The highest BCUT2D eigenvalue weighted by molar-refractivity contribution is 7.17. The molecule has 1 aliphatic carbocycles. The normalized spacial score (nSPS) is 16.7. The predicted molar refractivity (Wildman–Crippen MR) is 205 cm³/mol. The molecule has 0 saturated carbocycles. The maximum Gasteiger partial charge on any atom is 0.265 e. The molecule has 0 radical (unpaired) electrons. The van der Waals surface area contributed by atoms with Crippen molar-refractivity contribution in [3.63, 3.8) is 0 Å². The van der Waals surface area contributed by atoms with Gasteiger partial charge in [-0.05, 0) is 104 Å². The van der Waals surface area contributed by atoms with E-state index in [1.165, 1.54) is 23.1 Å². The molecule has 14 heteroatoms. The molecule has 56 heavy (non-hydrogen) atoms. The number of thiophene rings is 1. The molecular formula is C42H35F4N5O4S. The third-order valence-corrected chi connectivity index (χ3v) is 12.4. The molecule has 5 aromatic rings. The summed E-state index contributed by atoms with van der Waals surface area (Å²) < 4.78 is 62.3. The number of benzene rings is 3. The van der Waals surface area contributed by atoms with Gasteiger partial charge in [0.25, 0.3) is 17.7 Å². The van der Waals surface area contributed by atoms with Crippen LogP contribution in [0.5, 0.6) is 0 Å². The molecule has 286 valence electrons. The number of carbonyl (C=O) groups excluding carboxylic acids is 3. The van der Waals surface area contributed by atoms with E-state index < -0.39 is 40.8 Å². The maximum atomic E-state index is 14.8. The van der Waals surface area contributed by atoms with E-state index in [9.17, 15) is 31.9 Å². The molecule has 1 spiro atoms. The lowest BCUT2D eigenvalue weighted by Gasteiger charge is -2.53. The second kappa shape index (κ2) is 14.2. The van der Waals surface area contributed by atoms with Crippen LogP contribution in [-0.4, -0.2) is 55.6 Å². The lowest BCUT2D eigenvalue weighted by molar-refractivity contribution is -0.000521. The molecule has 0 atom stereocenters. The number of halogens is 4. The SMILES string of the molecule is O=C(Nc1c(F)cc(F)cc1F)c1cc2c(s1)-c1ccc(F)cc1N(C(=O)c1ccc(NC(=O)c3cc4c(nc3N3CC5(CCOCC5)C3)CCC4)cc1)CC2. The minimum atomic E-state index is -1.25. The Morgan fingerprint density at radius 2 is 1.54 bits per heavy atom. The summed E-state index contributed by atoms with van der Waals surface area (Å²) in [4.78, 5) is 50.3. The van der Waals surface area contributed by atoms with E-state index in [0.717, 1.165) is 81.0 Å². The smallest absolute Gasteiger partial charge is 0.265 e. The van der Waals surface area contributed by atoms with Gasteiger partial charge in [0.2, 0.25) is 0 Å². The summed E-state index contributed by atoms with van der Waals surface area (Å²) >= 11 is 1.03. The Hall–Kier alpha value is -5.60. The molecule has 9 nitrogen and oxygen atoms in total. The first-order valence-corrected chi connectivity index (χ1v) is 19.3. The summed E-state index contributed by atoms with van der Waals surface area (Å²) in [5.74, 6) is -4.96. The number of hydrogen-bond acceptors (Lipinski definition) is 7. The topological polar surface area (TPSA) is 104 Å². The van der Waals surface area contributed by atoms with Crippen molar-refractivity contribution in [2.75, 3.05) is 53.3 Å². The molecule has 3 aromatic carbocycles. The lowest BCUT2D eigenvalue weighted by atomic mass is 9.73. The highest BCUT2D eigenvalue weighted by atomic mass is 32.1. The van der Waals surface area contributed by atoms with Crippen molar-refractivity contribution in [3.05, 3.63) is 123 Å². The van der Waals surface area contributed by atoms with Crippen molar-refractivity contribution in [1.29, 1.82) is 0 Å². The van der Waals surface area contributed by atoms with Gasteiger partial charge in [-0.25, -0.2) is 22.5 Å². The molecule has 4 aliphatic rings. The van der Waals surface area contributed by atoms with E-state index in [2.05, 4.69) is 15.5 Å². The fourth-order valence-corrected chi connectivity index (χ4v) is 9.37. The van der Waals surface area contributed by atoms with Crippen LogP contribution in [0.4, 0.5) is 40.4 Å². The number of anilines is 4. The number of fused-ring (bicyclic) bond motifs is 4. The van der Waals surface area contributed by atoms with Gasteiger partial charge in [0.05, 0.1) is 16.1 Å². The number of hydrogen-bond donors (Lipinski definition) is 2. The van der Waals surface area contributed by atoms with Crippen LogP contribution in [0.1, 0.15) is 66.5 Å². The Balaban J connectivity index is 0.928. The van der Waals surface area contributed by atoms with Crippen molar-refractivity contribution >= 4 is 51.9 Å². The van der Waals surface area contributed by atoms with Gasteiger partial charge in [-0.3, -0.25) is 14.4 Å². The molecule has 3 aliphatic heterocycles. The first-order chi connectivity index (χ1) is 27.0. The second-order valence-electron chi connectivity index (χ2n) is 14.9. The molecule has 2 aromatic heterocycles. The van der Waals surface area contributed by atoms with Crippen molar-refractivity contribution < 1.29 is 36.7 Å². The van der Waals surface area contributed by atoms with Crippen LogP contribution in [0.15, 0.2) is 66.7 Å². The zero-order chi connectivity index (χ0) is 38.7. The number of amides is 3. The minimum Gasteiger partial charge on any atom is -0.381 e. The average molecular weight is 782 g/mol. The van der Waals surface area contributed by atoms with Gasteiger partial charge in [-0.1, -0.05) is 0 Å². The van der Waals surface area contributed by atoms with Crippen LogP contribution >= 0.6 is 11.3 Å². The zero-order valence-corrected chi connectivity index (χ0v) is 30.8. The summed E-state index contributed by atoms with van der Waals surface area (Å²) in [6.45, 7) is 3.33. The van der Waals surface area contributed by atoms with Crippen LogP contribution in [0.2, 0.25) is 0 Å². The lowest BCUT2D eigenvalue weighted by Crippen LogP contribution is -2.59. The van der Waals surface area contributed by atoms with Crippen LogP contribution < -0.4 is 20.4 Å². The van der Waals surface area contributed by atoms with Gasteiger partial charge in [-0.15, -0.1) is 11.3 Å². The maximum absolute atomic E-state index is 14.8. The molecule has 2 saturated heterocycles. The van der Waals surface area contributed by atoms with E-state index >= 15 is 0 Å². The molecule has 2 fully saturated rings. The highest BCUT2D eigenvalue weighted by Crippen LogP contribution is 2.44. The van der Waals surface area contributed by atoms with Gasteiger partial charge >= 0.3 is 0 Å². The number of nitrogens with one attached hydrogen (secondary N) is 2. The molecular weight excluding hydrogens is 747 g/mol. The van der Waals surface area contributed by atoms with Gasteiger partial charge in [0.1, 0.15) is 23.1 Å². The van der Waals surface area contributed by atoms with Crippen molar-refractivity contribution in [1.82, 2.24) is 4.98 Å². The van der Waals surface area contributed by atoms with E-state index in [0.29, 0.717) is 56.5 Å². The third-order valence-electron chi connectivity index (χ3n) is 11.2. The number of carbonyl (C=O) groups is 3. The Kier molecular flexibility index (Phi) is 9.12. The summed E-state index contributed by atoms with van der Waals surface area (Å²) in [5.41, 5.74) is 4.40. The predicted octanol–water partition coefficient (Wildman–Crippen LogP) is 8.18. The number of aromatic nitrogens is 1. The summed E-state index contributed by atoms with van der Waals surface area (Å²) in [6.07, 6.45) is 5.08. The quantitative estimate of drug-likeness (QED) is 0.169. The second-order valence-corrected chi connectivity index (χ2v) is 15.9. The summed E-state index contributed by atoms with van der Waals surface area (Å²) in [6, 6.07) is 15.1. The van der Waals surface area contributed by atoms with Crippen molar-refractivity contribution in [2.24, 2.45) is 5.41 Å². The van der Waals surface area contributed by atoms with Crippen molar-refractivity contribution in [3.8, 4) is 10.4 Å². The average Bonchev–Trinajstić information content (AvgIpc) is 3.79. The largest absolute Gasteiger partial charge is 0.381 e. The van der Waals surface area contributed by atoms with Crippen LogP contribution in [0, 0.1) is 28.7 Å². The number of ether oxygens (including phenoxy) is 1. The first-order valence-electron chi connectivity index (χ1n) is 18.5. The Morgan fingerprint density at radius 3 is 2.29 bits per heavy atom. The van der Waals surface area contributed by atoms with Gasteiger partial charge in [-0.2, -0.15) is 0 Å². The fraction of sp³-hybridized carbons (Fsp3) is 0.286. The zero-order valence-electron chi connectivity index (χ0n) is 30.0. The number of nitrogens with zero attached hydrogens (tertiary/aromatic N) is 3. The number of aryl methyl sites for hydroxylation is 2. The van der Waals surface area contributed by atoms with Crippen LogP contribution in [0.3, 0.4) is 0 Å². The number of rotatable bonds is 6. The Bertz CT molecular complexity index is 2400. The summed E-state index contributed by atoms with van der Waals surface area (Å²) in [7, 11) is 0. The first kappa shape index (κ1) is 36.1. The Labute approximate surface area is 323 Å². The van der Waals surface area contributed by atoms with Gasteiger partial charge in [0.15, 0.2) is 11.6 Å². The molecule has 3 amide bonds. The summed E-state index contributed by atoms with van der Waals surface area (Å²) in [5, 5.41) is 5.18. The standard InChI is InChI=1S/C42H35F4N5O4S/c43-26-6-9-29-34(20-26)51(13-10-25-17-35(56-37(25)29)40(53)49-36-31(45)18-27(44)19-32(36)46)41(54)23-4-7-28(8-5-23)47-39(52)30-16-24-2-1-3-33(24)48-38(30)50-21-42(22-50)11-14-55-15-12-42/h4-9,16-20H,1-3,10-15,21-22H2,(H,47,52)(H,49,53). The highest BCUT2D eigenvalue weighted by Gasteiger charge is 2.45. The molecule has 5 heterocycles. The van der Waals surface area contributed by atoms with Gasteiger partial charge < -0.3 is 25.2 Å². The van der Waals surface area contributed by atoms with E-state index in [1.54, 1.807) is 30.3 Å². The van der Waals surface area contributed by atoms with Gasteiger partial charge in [0, 0.05) is 77.8 Å². The monoisotopic (exact) mass is 781 g/mol. The van der Waals surface area contributed by atoms with E-state index in [1.807, 2.05) is 6.07 Å². The number of pyridine rings is 1. The van der Waals surface area contributed by atoms with Crippen LogP contribution in [0.25, 0.3) is 10.4 Å². The Morgan fingerprint density at radius 1 is 0.786 bits per heavy atom. The molecule has 9 rings (SSSR count). The fourth-order valence-electron chi connectivity index (χ4n) is 8.23. The molecule has 0 bridgehead atoms. The van der Waals surface area contributed by atoms with E-state index in [4.69, 9.17) is 9.72 Å². The third kappa shape index (κ3) is 6.60. The van der Waals surface area contributed by atoms with E-state index in [-0.39, 0.29) is 29.2 Å². The van der Waals surface area contributed by atoms with Crippen molar-refractivity contribution in [2.45, 2.75) is 38.5 Å². The molecule has 2 N–H and O–H groups in total. The van der Waals surface area contributed by atoms with Crippen LogP contribution in [-0.2, 0) is 24.0 Å². The minimum absolute atomic E-state index is 0.127.